The molecular weight excluding hydrogens is 279 g/mol. The Morgan fingerprint density at radius 3 is 0.857 bits per heavy atom. The van der Waals surface area contributed by atoms with Crippen molar-refractivity contribution in [1.82, 2.24) is 0 Å². The zero-order chi connectivity index (χ0) is 12.0. The molecule has 0 amide bonds. The van der Waals surface area contributed by atoms with Crippen LogP contribution in [0.15, 0.2) is 0 Å². The van der Waals surface area contributed by atoms with Crippen LogP contribution < -0.4 is 0 Å². The molecule has 14 heavy (non-hydrogen) atoms. The van der Waals surface area contributed by atoms with E-state index >= 15 is 0 Å². The molecule has 0 aliphatic rings. The summed E-state index contributed by atoms with van der Waals surface area (Å²) in [6.07, 6.45) is -5.14. The van der Waals surface area contributed by atoms with E-state index in [1.807, 2.05) is 0 Å². The molecule has 0 aromatic carbocycles. The lowest BCUT2D eigenvalue weighted by molar-refractivity contribution is 0.0708. The van der Waals surface area contributed by atoms with Gasteiger partial charge in [0.15, 0.2) is 0 Å². The zero-order valence-corrected chi connectivity index (χ0v) is 8.75. The summed E-state index contributed by atoms with van der Waals surface area (Å²) in [6.45, 7) is -0.146. The highest BCUT2D eigenvalue weighted by molar-refractivity contribution is 6.98. The highest BCUT2D eigenvalue weighted by Gasteiger charge is 2.71. The molecule has 0 aliphatic carbocycles. The van der Waals surface area contributed by atoms with Crippen molar-refractivity contribution in [3.63, 3.8) is 0 Å². The van der Waals surface area contributed by atoms with Crippen LogP contribution in [-0.4, -0.2) is 22.0 Å². The summed E-state index contributed by atoms with van der Waals surface area (Å²) in [5.41, 5.74) is 0. The molecule has 0 unspecified atom stereocenters. The predicted molar refractivity (Wildman–Crippen MR) is 44.0 cm³/mol. The Morgan fingerprint density at radius 1 is 0.714 bits per heavy atom. The number of alkyl halides is 9. The first-order valence-electron chi connectivity index (χ1n) is 3.14. The SMILES string of the molecule is C[B-](C(F)(F)Cl)(C(F)(F)Cl)C(F)(F)Cl. The molecule has 0 bridgehead atoms. The molecule has 0 nitrogen and oxygen atoms in total. The Bertz CT molecular complexity index is 179. The monoisotopic (exact) mass is 281 g/mol. The molecular formula is C4H3BCl3F6-. The summed E-state index contributed by atoms with van der Waals surface area (Å²) in [4.78, 5) is 0. The van der Waals surface area contributed by atoms with Crippen LogP contribution >= 0.6 is 34.8 Å². The van der Waals surface area contributed by atoms with Crippen molar-refractivity contribution in [1.29, 1.82) is 0 Å². The van der Waals surface area contributed by atoms with Crippen LogP contribution in [0.2, 0.25) is 6.82 Å². The van der Waals surface area contributed by atoms with E-state index in [0.29, 0.717) is 0 Å². The van der Waals surface area contributed by atoms with Gasteiger partial charge in [-0.3, -0.25) is 0 Å². The normalized spacial score (nSPS) is 15.9. The van der Waals surface area contributed by atoms with Gasteiger partial charge in [0.1, 0.15) is 0 Å². The van der Waals surface area contributed by atoms with Gasteiger partial charge in [-0.25, -0.2) is 26.3 Å². The van der Waals surface area contributed by atoms with Crippen molar-refractivity contribution >= 4 is 40.9 Å². The van der Waals surface area contributed by atoms with Crippen molar-refractivity contribution in [3.05, 3.63) is 0 Å². The summed E-state index contributed by atoms with van der Waals surface area (Å²) in [6, 6.07) is 0. The molecule has 0 aromatic rings. The van der Waals surface area contributed by atoms with Gasteiger partial charge in [-0.15, -0.1) is 0 Å². The second-order valence-electron chi connectivity index (χ2n) is 2.92. The maximum atomic E-state index is 12.4. The summed E-state index contributed by atoms with van der Waals surface area (Å²) in [7, 11) is 0. The van der Waals surface area contributed by atoms with Gasteiger partial charge < -0.3 is 0 Å². The van der Waals surface area contributed by atoms with Gasteiger partial charge in [-0.2, -0.15) is 6.82 Å². The third-order valence-corrected chi connectivity index (χ3v) is 3.27. The molecule has 0 fully saturated rings. The lowest BCUT2D eigenvalue weighted by Crippen LogP contribution is -2.68. The Labute approximate surface area is 90.4 Å². The van der Waals surface area contributed by atoms with Crippen LogP contribution in [-0.2, 0) is 0 Å². The van der Waals surface area contributed by atoms with Gasteiger partial charge in [0, 0.05) is 0 Å². The number of rotatable bonds is 3. The molecule has 86 valence electrons. The summed E-state index contributed by atoms with van der Waals surface area (Å²) < 4.78 is 74.6. The van der Waals surface area contributed by atoms with Gasteiger partial charge in [0.25, 0.3) is 6.15 Å². The second-order valence-corrected chi connectivity index (χ2v) is 4.44. The third-order valence-electron chi connectivity index (χ3n) is 1.96. The largest absolute Gasteiger partial charge is 0.286 e. The molecule has 0 aliphatic heterocycles. The Kier molecular flexibility index (Phi) is 3.65. The zero-order valence-electron chi connectivity index (χ0n) is 6.48. The lowest BCUT2D eigenvalue weighted by Gasteiger charge is -2.44. The number of hydrogen-bond acceptors (Lipinski definition) is 0. The Hall–Kier alpha value is 0.515. The van der Waals surface area contributed by atoms with E-state index in [0.717, 1.165) is 0 Å². The highest BCUT2D eigenvalue weighted by Crippen LogP contribution is 2.52. The molecule has 0 rings (SSSR count). The first-order chi connectivity index (χ1) is 5.75. The quantitative estimate of drug-likeness (QED) is 0.414. The van der Waals surface area contributed by atoms with E-state index in [9.17, 15) is 26.3 Å². The maximum absolute atomic E-state index is 12.4. The minimum Gasteiger partial charge on any atom is -0.235 e. The molecule has 0 saturated heterocycles. The smallest absolute Gasteiger partial charge is 0.235 e. The van der Waals surface area contributed by atoms with Gasteiger partial charge >= 0.3 is 0 Å². The van der Waals surface area contributed by atoms with Crippen molar-refractivity contribution in [2.24, 2.45) is 0 Å². The van der Waals surface area contributed by atoms with Crippen molar-refractivity contribution in [2.45, 2.75) is 22.7 Å². The summed E-state index contributed by atoms with van der Waals surface area (Å²) in [5.74, 6) is 0. The third kappa shape index (κ3) is 2.19. The van der Waals surface area contributed by atoms with Crippen LogP contribution in [0.4, 0.5) is 26.3 Å². The molecule has 0 N–H and O–H groups in total. The highest BCUT2D eigenvalue weighted by atomic mass is 35.5. The standard InChI is InChI=1S/C4H3BCl3F6/c1-5(2(6,9)10,3(7,11)12)4(8,13)14/h1H3/q-1. The molecule has 0 radical (unpaired) electrons. The minimum atomic E-state index is -5.14. The fraction of sp³-hybridized carbons (Fsp3) is 1.00. The van der Waals surface area contributed by atoms with Gasteiger partial charge in [0.2, 0.25) is 15.8 Å². The van der Waals surface area contributed by atoms with Gasteiger partial charge in [-0.05, 0) is 0 Å². The number of hydrogen-bond donors (Lipinski definition) is 0. The van der Waals surface area contributed by atoms with E-state index in [4.69, 9.17) is 0 Å². The van der Waals surface area contributed by atoms with Crippen LogP contribution in [0.1, 0.15) is 0 Å². The van der Waals surface area contributed by atoms with E-state index in [2.05, 4.69) is 34.8 Å². The van der Waals surface area contributed by atoms with E-state index < -0.39 is 22.0 Å². The van der Waals surface area contributed by atoms with Gasteiger partial charge in [-0.1, -0.05) is 34.8 Å². The van der Waals surface area contributed by atoms with Gasteiger partial charge in [0.05, 0.1) is 0 Å². The average Bonchev–Trinajstić information content (AvgIpc) is 1.77. The predicted octanol–water partition coefficient (Wildman–Crippen LogP) is 4.18. The van der Waals surface area contributed by atoms with E-state index in [1.54, 1.807) is 0 Å². The van der Waals surface area contributed by atoms with Crippen molar-refractivity contribution in [2.75, 3.05) is 0 Å². The second kappa shape index (κ2) is 3.52. The Morgan fingerprint density at radius 2 is 0.857 bits per heavy atom. The first-order valence-corrected chi connectivity index (χ1v) is 4.28. The van der Waals surface area contributed by atoms with Crippen LogP contribution in [0.25, 0.3) is 0 Å². The topological polar surface area (TPSA) is 0 Å². The van der Waals surface area contributed by atoms with Crippen LogP contribution in [0.5, 0.6) is 0 Å². The molecule has 10 heteroatoms. The average molecular weight is 282 g/mol. The molecule has 0 atom stereocenters. The molecule has 0 heterocycles. The Balaban J connectivity index is 5.54. The lowest BCUT2D eigenvalue weighted by atomic mass is 9.26. The summed E-state index contributed by atoms with van der Waals surface area (Å²) in [5, 5.41) is -14.7. The fourth-order valence-electron chi connectivity index (χ4n) is 0.557. The van der Waals surface area contributed by atoms with Crippen LogP contribution in [0.3, 0.4) is 0 Å². The van der Waals surface area contributed by atoms with E-state index in [-0.39, 0.29) is 6.82 Å². The van der Waals surface area contributed by atoms with Crippen molar-refractivity contribution < 1.29 is 26.3 Å². The maximum Gasteiger partial charge on any atom is 0.286 e. The fourth-order valence-corrected chi connectivity index (χ4v) is 1.55. The van der Waals surface area contributed by atoms with E-state index in [1.165, 1.54) is 0 Å². The number of halogens is 9. The summed E-state index contributed by atoms with van der Waals surface area (Å²) >= 11 is 12.5. The van der Waals surface area contributed by atoms with Crippen LogP contribution in [0, 0.1) is 0 Å². The molecule has 0 saturated carbocycles. The molecule has 0 aromatic heterocycles. The van der Waals surface area contributed by atoms with Crippen molar-refractivity contribution in [3.8, 4) is 0 Å². The minimum absolute atomic E-state index is 0.146. The molecule has 0 spiro atoms. The first kappa shape index (κ1) is 14.5.